The Bertz CT molecular complexity index is 37.5. The summed E-state index contributed by atoms with van der Waals surface area (Å²) in [6.45, 7) is 4.81. The minimum Gasteiger partial charge on any atom is -0.679 e. The molecule has 0 bridgehead atoms. The van der Waals surface area contributed by atoms with Crippen molar-refractivity contribution < 1.29 is 21.1 Å². The molecular formula is C6H13NW. The summed E-state index contributed by atoms with van der Waals surface area (Å²) < 4.78 is 0. The third kappa shape index (κ3) is 9.82. The number of hydrogen-bond acceptors (Lipinski definition) is 0. The van der Waals surface area contributed by atoms with E-state index in [-0.39, 0.29) is 21.1 Å². The van der Waals surface area contributed by atoms with Gasteiger partial charge in [-0.25, -0.2) is 0 Å². The average Bonchev–Trinajstić information content (AvgIpc) is 1.61. The Morgan fingerprint density at radius 3 is 2.12 bits per heavy atom. The van der Waals surface area contributed by atoms with Crippen LogP contribution in [0.25, 0.3) is 5.73 Å². The molecular weight excluding hydrogens is 270 g/mol. The molecule has 0 amide bonds. The number of nitrogens with one attached hydrogen (secondary N) is 1. The van der Waals surface area contributed by atoms with Crippen molar-refractivity contribution in [2.75, 3.05) is 6.54 Å². The van der Waals surface area contributed by atoms with Crippen LogP contribution >= 0.6 is 0 Å². The zero-order valence-electron chi connectivity index (χ0n) is 5.48. The minimum absolute atomic E-state index is 0. The normalized spacial score (nSPS) is 9.00. The first-order chi connectivity index (χ1) is 3.27. The van der Waals surface area contributed by atoms with Gasteiger partial charge >= 0.3 is 21.1 Å². The Morgan fingerprint density at radius 1 is 1.50 bits per heavy atom. The summed E-state index contributed by atoms with van der Waals surface area (Å²) in [7, 11) is 0. The van der Waals surface area contributed by atoms with Crippen molar-refractivity contribution >= 4 is 0 Å². The zero-order chi connectivity index (χ0) is 5.70. The molecule has 0 fully saturated rings. The van der Waals surface area contributed by atoms with Crippen molar-refractivity contribution in [1.29, 1.82) is 0 Å². The van der Waals surface area contributed by atoms with Crippen LogP contribution in [0.3, 0.4) is 0 Å². The molecule has 0 aromatic heterocycles. The molecule has 0 heterocycles. The van der Waals surface area contributed by atoms with Crippen LogP contribution in [0.4, 0.5) is 0 Å². The van der Waals surface area contributed by atoms with E-state index in [2.05, 4.69) is 20.3 Å². The molecule has 8 heavy (non-hydrogen) atoms. The first-order valence-corrected chi connectivity index (χ1v) is 2.75. The summed E-state index contributed by atoms with van der Waals surface area (Å²) in [6, 6.07) is 0. The summed E-state index contributed by atoms with van der Waals surface area (Å²) >= 11 is 0. The van der Waals surface area contributed by atoms with E-state index in [4.69, 9.17) is 5.73 Å². The molecule has 0 aliphatic carbocycles. The molecule has 0 aromatic carbocycles. The SMILES string of the molecule is CC(C)[CH-]CC[NH-].[W+2]. The van der Waals surface area contributed by atoms with E-state index >= 15 is 0 Å². The van der Waals surface area contributed by atoms with E-state index in [1.54, 1.807) is 0 Å². The number of hydrogen-bond donors (Lipinski definition) is 0. The van der Waals surface area contributed by atoms with Gasteiger partial charge in [0.2, 0.25) is 0 Å². The molecule has 0 aliphatic rings. The summed E-state index contributed by atoms with van der Waals surface area (Å²) in [4.78, 5) is 0. The molecule has 0 aromatic rings. The van der Waals surface area contributed by atoms with Crippen LogP contribution in [0.2, 0.25) is 0 Å². The maximum atomic E-state index is 6.76. The van der Waals surface area contributed by atoms with Gasteiger partial charge in [0.15, 0.2) is 0 Å². The van der Waals surface area contributed by atoms with Gasteiger partial charge in [0.1, 0.15) is 0 Å². The molecule has 0 spiro atoms. The molecule has 0 radical (unpaired) electrons. The van der Waals surface area contributed by atoms with Gasteiger partial charge in [0.25, 0.3) is 0 Å². The summed E-state index contributed by atoms with van der Waals surface area (Å²) in [6.07, 6.45) is 3.10. The van der Waals surface area contributed by atoms with E-state index in [0.717, 1.165) is 6.42 Å². The van der Waals surface area contributed by atoms with E-state index in [9.17, 15) is 0 Å². The van der Waals surface area contributed by atoms with Gasteiger partial charge in [0.05, 0.1) is 0 Å². The third-order valence-corrected chi connectivity index (χ3v) is 0.782. The van der Waals surface area contributed by atoms with Crippen molar-refractivity contribution in [3.05, 3.63) is 12.2 Å². The Hall–Kier alpha value is 0.648. The molecule has 1 N–H and O–H groups in total. The molecule has 0 saturated heterocycles. The maximum Gasteiger partial charge on any atom is 2.00 e. The smallest absolute Gasteiger partial charge is 0.679 e. The molecule has 0 aliphatic heterocycles. The van der Waals surface area contributed by atoms with Gasteiger partial charge in [0, 0.05) is 0 Å². The molecule has 1 nitrogen and oxygen atoms in total. The van der Waals surface area contributed by atoms with Crippen LogP contribution in [-0.2, 0) is 21.1 Å². The third-order valence-electron chi connectivity index (χ3n) is 0.782. The molecule has 0 rings (SSSR count). The van der Waals surface area contributed by atoms with Crippen LogP contribution in [0.1, 0.15) is 20.3 Å². The Kier molecular flexibility index (Phi) is 10.9. The van der Waals surface area contributed by atoms with E-state index in [1.165, 1.54) is 0 Å². The zero-order valence-corrected chi connectivity index (χ0v) is 8.41. The second kappa shape index (κ2) is 7.65. The van der Waals surface area contributed by atoms with E-state index in [0.29, 0.717) is 12.5 Å². The summed E-state index contributed by atoms with van der Waals surface area (Å²) in [5.74, 6) is 0.658. The second-order valence-electron chi connectivity index (χ2n) is 2.02. The van der Waals surface area contributed by atoms with Gasteiger partial charge in [-0.05, 0) is 0 Å². The molecule has 0 saturated carbocycles. The van der Waals surface area contributed by atoms with Gasteiger partial charge in [-0.3, -0.25) is 0 Å². The quantitative estimate of drug-likeness (QED) is 0.710. The minimum atomic E-state index is 0. The summed E-state index contributed by atoms with van der Waals surface area (Å²) in [5, 5.41) is 0. The van der Waals surface area contributed by atoms with Crippen molar-refractivity contribution in [1.82, 2.24) is 0 Å². The fourth-order valence-electron chi connectivity index (χ4n) is 0.417. The van der Waals surface area contributed by atoms with Gasteiger partial charge < -0.3 is 12.2 Å². The van der Waals surface area contributed by atoms with Crippen LogP contribution in [0, 0.1) is 12.3 Å². The number of rotatable bonds is 3. The fraction of sp³-hybridized carbons (Fsp3) is 0.833. The second-order valence-corrected chi connectivity index (χ2v) is 2.02. The topological polar surface area (TPSA) is 23.8 Å². The average molecular weight is 283 g/mol. The first-order valence-electron chi connectivity index (χ1n) is 2.75. The fourth-order valence-corrected chi connectivity index (χ4v) is 0.417. The molecule has 48 valence electrons. The summed E-state index contributed by atoms with van der Waals surface area (Å²) in [5.41, 5.74) is 6.76. The molecule has 0 unspecified atom stereocenters. The Morgan fingerprint density at radius 2 is 2.00 bits per heavy atom. The predicted octanol–water partition coefficient (Wildman–Crippen LogP) is 2.29. The van der Waals surface area contributed by atoms with Crippen LogP contribution in [0.5, 0.6) is 0 Å². The van der Waals surface area contributed by atoms with Crippen LogP contribution < -0.4 is 0 Å². The molecule has 0 atom stereocenters. The van der Waals surface area contributed by atoms with Crippen molar-refractivity contribution in [3.63, 3.8) is 0 Å². The molecule has 2 heteroatoms. The maximum absolute atomic E-state index is 6.76. The largest absolute Gasteiger partial charge is 2.00 e. The van der Waals surface area contributed by atoms with Crippen molar-refractivity contribution in [2.24, 2.45) is 5.92 Å². The van der Waals surface area contributed by atoms with Crippen LogP contribution in [0.15, 0.2) is 0 Å². The van der Waals surface area contributed by atoms with E-state index < -0.39 is 0 Å². The Labute approximate surface area is 66.3 Å². The van der Waals surface area contributed by atoms with Gasteiger partial charge in [-0.15, -0.1) is 0 Å². The predicted molar refractivity (Wildman–Crippen MR) is 32.9 cm³/mol. The standard InChI is InChI=1S/C6H13N.W/c1-6(2)4-3-5-7;/h4,6-7H,3,5H2,1-2H3;/q-2;+2. The van der Waals surface area contributed by atoms with E-state index in [1.807, 2.05) is 0 Å². The van der Waals surface area contributed by atoms with Crippen LogP contribution in [-0.4, -0.2) is 6.54 Å². The monoisotopic (exact) mass is 283 g/mol. The van der Waals surface area contributed by atoms with Crippen molar-refractivity contribution in [2.45, 2.75) is 20.3 Å². The Balaban J connectivity index is 0. The van der Waals surface area contributed by atoms with Crippen molar-refractivity contribution in [3.8, 4) is 0 Å². The van der Waals surface area contributed by atoms with Gasteiger partial charge in [-0.1, -0.05) is 13.8 Å². The van der Waals surface area contributed by atoms with Gasteiger partial charge in [-0.2, -0.15) is 18.9 Å². The first kappa shape index (κ1) is 11.4.